The Morgan fingerprint density at radius 3 is 2.37 bits per heavy atom. The molecule has 0 radical (unpaired) electrons. The average molecular weight is 414 g/mol. The van der Waals surface area contributed by atoms with Crippen LogP contribution in [-0.4, -0.2) is 62.0 Å². The van der Waals surface area contributed by atoms with E-state index in [-0.39, 0.29) is 40.4 Å². The van der Waals surface area contributed by atoms with Crippen LogP contribution in [0.4, 0.5) is 0 Å². The Kier molecular flexibility index (Phi) is 3.17. The summed E-state index contributed by atoms with van der Waals surface area (Å²) in [6.45, 7) is 5.22. The van der Waals surface area contributed by atoms with Crippen molar-refractivity contribution in [3.63, 3.8) is 0 Å². The van der Waals surface area contributed by atoms with Gasteiger partial charge >= 0.3 is 0 Å². The van der Waals surface area contributed by atoms with Crippen LogP contribution in [0, 0.1) is 0 Å². The first-order chi connectivity index (χ1) is 14.1. The van der Waals surface area contributed by atoms with E-state index in [1.807, 2.05) is 6.92 Å². The van der Waals surface area contributed by atoms with Crippen LogP contribution >= 0.6 is 0 Å². The molecule has 2 aliphatic heterocycles. The summed E-state index contributed by atoms with van der Waals surface area (Å²) in [5.74, 6) is -1.96. The number of carbonyl (C=O) groups excluding carboxylic acids is 2. The molecule has 2 fully saturated rings. The van der Waals surface area contributed by atoms with Gasteiger partial charge in [-0.05, 0) is 20.3 Å². The molecule has 0 aromatic heterocycles. The van der Waals surface area contributed by atoms with Crippen LogP contribution in [-0.2, 0) is 14.9 Å². The number of rotatable bonds is 1. The van der Waals surface area contributed by atoms with Gasteiger partial charge in [-0.25, -0.2) is 0 Å². The van der Waals surface area contributed by atoms with Crippen molar-refractivity contribution < 1.29 is 39.5 Å². The number of aromatic hydroxyl groups is 2. The number of ether oxygens (including phenoxy) is 2. The zero-order chi connectivity index (χ0) is 21.5. The van der Waals surface area contributed by atoms with Crippen LogP contribution in [0.5, 0.6) is 11.5 Å². The first-order valence-corrected chi connectivity index (χ1v) is 10.3. The average Bonchev–Trinajstić information content (AvgIpc) is 3.15. The zero-order valence-corrected chi connectivity index (χ0v) is 16.7. The quantitative estimate of drug-likeness (QED) is 0.504. The molecule has 1 saturated heterocycles. The Bertz CT molecular complexity index is 1120. The van der Waals surface area contributed by atoms with Crippen molar-refractivity contribution in [3.05, 3.63) is 33.4 Å². The summed E-state index contributed by atoms with van der Waals surface area (Å²) < 4.78 is 11.6. The fraction of sp³-hybridized carbons (Fsp3) is 0.545. The van der Waals surface area contributed by atoms with Crippen molar-refractivity contribution in [2.45, 2.75) is 75.1 Å². The molecule has 158 valence electrons. The predicted molar refractivity (Wildman–Crippen MR) is 101 cm³/mol. The smallest absolute Gasteiger partial charge is 0.196 e. The van der Waals surface area contributed by atoms with Crippen molar-refractivity contribution in [2.75, 3.05) is 0 Å². The van der Waals surface area contributed by atoms with Crippen LogP contribution < -0.4 is 0 Å². The first-order valence-electron chi connectivity index (χ1n) is 10.3. The molecule has 1 aromatic carbocycles. The summed E-state index contributed by atoms with van der Waals surface area (Å²) in [5.41, 5.74) is -2.63. The molecule has 0 amide bonds. The van der Waals surface area contributed by atoms with Crippen LogP contribution in [0.3, 0.4) is 0 Å². The third-order valence-electron chi connectivity index (χ3n) is 7.95. The minimum atomic E-state index is -1.61. The van der Waals surface area contributed by atoms with Crippen LogP contribution in [0.15, 0.2) is 11.1 Å². The summed E-state index contributed by atoms with van der Waals surface area (Å²) in [6.07, 6.45) is -2.69. The second-order valence-electron chi connectivity index (χ2n) is 9.05. The molecule has 1 aromatic rings. The number of Topliss-reactive ketones (excluding diaryl/α,β-unsaturated/α-hetero) is 2. The molecule has 0 bridgehead atoms. The number of aliphatic hydroxyl groups is 2. The number of hydrogen-bond acceptors (Lipinski definition) is 8. The second kappa shape index (κ2) is 5.13. The van der Waals surface area contributed by atoms with Gasteiger partial charge in [-0.3, -0.25) is 9.59 Å². The lowest BCUT2D eigenvalue weighted by molar-refractivity contribution is -0.0655. The fourth-order valence-corrected chi connectivity index (χ4v) is 6.41. The summed E-state index contributed by atoms with van der Waals surface area (Å²) in [7, 11) is 0. The lowest BCUT2D eigenvalue weighted by Crippen LogP contribution is -2.40. The predicted octanol–water partition coefficient (Wildman–Crippen LogP) is 1.18. The molecule has 5 aliphatic rings. The van der Waals surface area contributed by atoms with Crippen molar-refractivity contribution in [3.8, 4) is 11.5 Å². The van der Waals surface area contributed by atoms with Gasteiger partial charge in [-0.2, -0.15) is 0 Å². The van der Waals surface area contributed by atoms with Gasteiger partial charge in [0.25, 0.3) is 0 Å². The fourth-order valence-electron chi connectivity index (χ4n) is 6.41. The van der Waals surface area contributed by atoms with Crippen molar-refractivity contribution in [2.24, 2.45) is 0 Å². The Balaban J connectivity index is 1.59. The maximum absolute atomic E-state index is 13.4. The Hall–Kier alpha value is -2.26. The normalized spacial score (nSPS) is 42.8. The molecule has 30 heavy (non-hydrogen) atoms. The highest BCUT2D eigenvalue weighted by Gasteiger charge is 2.92. The molecular weight excluding hydrogens is 392 g/mol. The lowest BCUT2D eigenvalue weighted by Gasteiger charge is -2.41. The van der Waals surface area contributed by atoms with Gasteiger partial charge in [-0.15, -0.1) is 0 Å². The van der Waals surface area contributed by atoms with E-state index in [1.54, 1.807) is 13.8 Å². The summed E-state index contributed by atoms with van der Waals surface area (Å²) in [5, 5.41) is 43.5. The second-order valence-corrected chi connectivity index (χ2v) is 9.05. The van der Waals surface area contributed by atoms with E-state index < -0.39 is 58.5 Å². The number of benzene rings is 1. The molecule has 4 N–H and O–H groups in total. The molecule has 7 atom stereocenters. The molecule has 3 aliphatic carbocycles. The number of phenols is 2. The van der Waals surface area contributed by atoms with E-state index in [9.17, 15) is 30.0 Å². The number of aliphatic hydroxyl groups excluding tert-OH is 1. The van der Waals surface area contributed by atoms with E-state index in [0.29, 0.717) is 12.0 Å². The van der Waals surface area contributed by atoms with E-state index in [0.717, 1.165) is 0 Å². The number of hydrogen-bond donors (Lipinski definition) is 4. The highest BCUT2D eigenvalue weighted by atomic mass is 16.5. The Morgan fingerprint density at radius 2 is 1.73 bits per heavy atom. The highest BCUT2D eigenvalue weighted by Crippen LogP contribution is 2.81. The van der Waals surface area contributed by atoms with Gasteiger partial charge in [-0.1, -0.05) is 6.92 Å². The molecule has 6 rings (SSSR count). The lowest BCUT2D eigenvalue weighted by atomic mass is 9.65. The molecule has 1 saturated carbocycles. The highest BCUT2D eigenvalue weighted by molar-refractivity contribution is 6.30. The number of carbonyl (C=O) groups is 2. The van der Waals surface area contributed by atoms with Gasteiger partial charge < -0.3 is 29.9 Å². The van der Waals surface area contributed by atoms with Crippen molar-refractivity contribution in [1.29, 1.82) is 0 Å². The number of fused-ring (bicyclic) bond motifs is 3. The molecule has 1 spiro atoms. The summed E-state index contributed by atoms with van der Waals surface area (Å²) in [4.78, 5) is 26.7. The monoisotopic (exact) mass is 414 g/mol. The minimum absolute atomic E-state index is 0.101. The van der Waals surface area contributed by atoms with Gasteiger partial charge in [0.05, 0.1) is 34.9 Å². The summed E-state index contributed by atoms with van der Waals surface area (Å²) in [6, 6.07) is 0. The molecular formula is C22H22O8. The molecule has 5 unspecified atom stereocenters. The zero-order valence-electron chi connectivity index (χ0n) is 16.7. The van der Waals surface area contributed by atoms with Gasteiger partial charge in [0, 0.05) is 28.7 Å². The van der Waals surface area contributed by atoms with Gasteiger partial charge in [0.2, 0.25) is 0 Å². The topological polar surface area (TPSA) is 134 Å². The van der Waals surface area contributed by atoms with Crippen LogP contribution in [0.2, 0.25) is 0 Å². The van der Waals surface area contributed by atoms with E-state index in [2.05, 4.69) is 0 Å². The first kappa shape index (κ1) is 18.5. The van der Waals surface area contributed by atoms with E-state index in [1.165, 1.54) is 0 Å². The minimum Gasteiger partial charge on any atom is -0.507 e. The number of ketones is 2. The van der Waals surface area contributed by atoms with E-state index in [4.69, 9.17) is 9.47 Å². The van der Waals surface area contributed by atoms with Gasteiger partial charge in [0.15, 0.2) is 11.6 Å². The van der Waals surface area contributed by atoms with E-state index >= 15 is 0 Å². The molecule has 8 heteroatoms. The molecule has 8 nitrogen and oxygen atoms in total. The third-order valence-corrected chi connectivity index (χ3v) is 7.95. The molecule has 2 heterocycles. The maximum Gasteiger partial charge on any atom is 0.196 e. The van der Waals surface area contributed by atoms with Crippen molar-refractivity contribution in [1.82, 2.24) is 0 Å². The summed E-state index contributed by atoms with van der Waals surface area (Å²) >= 11 is 0. The largest absolute Gasteiger partial charge is 0.507 e. The maximum atomic E-state index is 13.4. The SMILES string of the molecule is CC[C@H]1CC2=C(C(=O)c3c(O)c4c(c(O)c3C2=O)C2OC(C)C3(O)C(O)C423)[C@H](C)O1. The van der Waals surface area contributed by atoms with Crippen LogP contribution in [0.25, 0.3) is 0 Å². The Morgan fingerprint density at radius 1 is 1.07 bits per heavy atom. The standard InChI is InChI=1S/C22H22O8/c1-4-8-5-9-10(6(2)29-8)16(24)12-11(15(9)23)17(25)13-14(18(12)26)21-19(13)30-7(3)22(21,28)20(21)27/h6-8,19-20,25-28H,4-5H2,1-3H3/t6-,7?,8-,19?,20?,21?,22?/m0/s1. The third kappa shape index (κ3) is 1.55. The van der Waals surface area contributed by atoms with Gasteiger partial charge in [0.1, 0.15) is 29.3 Å². The number of phenolic OH excluding ortho intramolecular Hbond substituents is 2. The Labute approximate surface area is 171 Å². The van der Waals surface area contributed by atoms with Crippen molar-refractivity contribution >= 4 is 11.6 Å². The van der Waals surface area contributed by atoms with Crippen LogP contribution in [0.1, 0.15) is 71.6 Å².